The summed E-state index contributed by atoms with van der Waals surface area (Å²) < 4.78 is 8.49. The van der Waals surface area contributed by atoms with Crippen LogP contribution in [0.3, 0.4) is 0 Å². The first kappa shape index (κ1) is 18.3. The van der Waals surface area contributed by atoms with Crippen LogP contribution in [0.1, 0.15) is 11.4 Å². The van der Waals surface area contributed by atoms with E-state index in [1.54, 1.807) is 0 Å². The van der Waals surface area contributed by atoms with E-state index in [9.17, 15) is 0 Å². The highest BCUT2D eigenvalue weighted by atomic mass is 32.1. The smallest absolute Gasteiger partial charge is 0.195 e. The van der Waals surface area contributed by atoms with E-state index in [4.69, 9.17) is 17.0 Å². The summed E-state index contributed by atoms with van der Waals surface area (Å²) in [5.41, 5.74) is 4.08. The number of aromatic nitrogens is 5. The standard InChI is InChI=1S/C23H19N5OS/c30-23-27-26-22(28(23)14-16-6-2-1-3-7-16)17-10-12-18(13-11-17)29-15-21-24-19-8-4-5-9-20(19)25-21/h1-13H,14-15H2,(H,24,25)(H,27,30). The van der Waals surface area contributed by atoms with E-state index in [-0.39, 0.29) is 0 Å². The van der Waals surface area contributed by atoms with Crippen LogP contribution in [-0.2, 0) is 13.2 Å². The van der Waals surface area contributed by atoms with Crippen LogP contribution < -0.4 is 4.74 Å². The first-order valence-corrected chi connectivity index (χ1v) is 10.0. The SMILES string of the molecule is S=c1[nH]nc(-c2ccc(OCc3nc4ccccc4[nH]3)cc2)n1Cc1ccccc1. The normalized spacial score (nSPS) is 11.1. The predicted molar refractivity (Wildman–Crippen MR) is 119 cm³/mol. The van der Waals surface area contributed by atoms with Gasteiger partial charge in [-0.3, -0.25) is 9.67 Å². The molecule has 2 N–H and O–H groups in total. The molecule has 3 aromatic carbocycles. The molecule has 7 heteroatoms. The highest BCUT2D eigenvalue weighted by molar-refractivity contribution is 7.71. The number of fused-ring (bicyclic) bond motifs is 1. The van der Waals surface area contributed by atoms with E-state index in [1.165, 1.54) is 5.56 Å². The number of nitrogens with zero attached hydrogens (tertiary/aromatic N) is 3. The molecule has 0 aliphatic carbocycles. The molecular formula is C23H19N5OS. The zero-order valence-corrected chi connectivity index (χ0v) is 16.9. The number of H-pyrrole nitrogens is 2. The Morgan fingerprint density at radius 2 is 1.67 bits per heavy atom. The first-order valence-electron chi connectivity index (χ1n) is 9.62. The van der Waals surface area contributed by atoms with Gasteiger partial charge in [0.15, 0.2) is 10.6 Å². The Labute approximate surface area is 178 Å². The van der Waals surface area contributed by atoms with Crippen molar-refractivity contribution in [2.45, 2.75) is 13.2 Å². The van der Waals surface area contributed by atoms with Crippen molar-refractivity contribution in [1.82, 2.24) is 24.7 Å². The van der Waals surface area contributed by atoms with Gasteiger partial charge in [-0.2, -0.15) is 5.10 Å². The van der Waals surface area contributed by atoms with Crippen LogP contribution in [0.25, 0.3) is 22.4 Å². The van der Waals surface area contributed by atoms with Crippen molar-refractivity contribution < 1.29 is 4.74 Å². The molecule has 0 saturated carbocycles. The summed E-state index contributed by atoms with van der Waals surface area (Å²) in [7, 11) is 0. The number of ether oxygens (including phenoxy) is 1. The fourth-order valence-electron chi connectivity index (χ4n) is 3.38. The predicted octanol–water partition coefficient (Wildman–Crippen LogP) is 5.11. The lowest BCUT2D eigenvalue weighted by molar-refractivity contribution is 0.297. The van der Waals surface area contributed by atoms with Gasteiger partial charge in [-0.05, 0) is 54.2 Å². The van der Waals surface area contributed by atoms with Gasteiger partial charge in [0.2, 0.25) is 0 Å². The van der Waals surface area contributed by atoms with Gasteiger partial charge in [0.25, 0.3) is 0 Å². The number of hydrogen-bond donors (Lipinski definition) is 2. The highest BCUT2D eigenvalue weighted by Gasteiger charge is 2.10. The molecule has 2 aromatic heterocycles. The average Bonchev–Trinajstić information content (AvgIpc) is 3.37. The Bertz CT molecular complexity index is 1300. The number of nitrogens with one attached hydrogen (secondary N) is 2. The Morgan fingerprint density at radius 1 is 0.900 bits per heavy atom. The van der Waals surface area contributed by atoms with Crippen LogP contribution in [0.2, 0.25) is 0 Å². The second kappa shape index (κ2) is 7.96. The third kappa shape index (κ3) is 3.75. The lowest BCUT2D eigenvalue weighted by Gasteiger charge is -2.08. The maximum absolute atomic E-state index is 5.89. The molecule has 0 aliphatic heterocycles. The minimum absolute atomic E-state index is 0.376. The Hall–Kier alpha value is -3.71. The zero-order valence-electron chi connectivity index (χ0n) is 16.1. The number of aromatic amines is 2. The quantitative estimate of drug-likeness (QED) is 0.380. The minimum atomic E-state index is 0.376. The number of para-hydroxylation sites is 2. The molecule has 0 amide bonds. The van der Waals surface area contributed by atoms with Crippen LogP contribution in [-0.4, -0.2) is 24.7 Å². The molecule has 6 nitrogen and oxygen atoms in total. The second-order valence-corrected chi connectivity index (χ2v) is 7.32. The molecular weight excluding hydrogens is 394 g/mol. The molecule has 2 heterocycles. The third-order valence-corrected chi connectivity index (χ3v) is 5.18. The van der Waals surface area contributed by atoms with Gasteiger partial charge in [-0.1, -0.05) is 42.5 Å². The fraction of sp³-hybridized carbons (Fsp3) is 0.0870. The molecule has 0 fully saturated rings. The van der Waals surface area contributed by atoms with Gasteiger partial charge in [-0.15, -0.1) is 0 Å². The van der Waals surface area contributed by atoms with Crippen LogP contribution in [0.4, 0.5) is 0 Å². The summed E-state index contributed by atoms with van der Waals surface area (Å²) in [6.45, 7) is 1.04. The Morgan fingerprint density at radius 3 is 2.47 bits per heavy atom. The van der Waals surface area contributed by atoms with E-state index in [1.807, 2.05) is 71.3 Å². The summed E-state index contributed by atoms with van der Waals surface area (Å²) in [4.78, 5) is 7.81. The van der Waals surface area contributed by atoms with Crippen molar-refractivity contribution >= 4 is 23.3 Å². The molecule has 0 atom stereocenters. The van der Waals surface area contributed by atoms with Crippen molar-refractivity contribution in [1.29, 1.82) is 0 Å². The molecule has 5 aromatic rings. The van der Waals surface area contributed by atoms with Crippen molar-refractivity contribution in [3.05, 3.63) is 95.0 Å². The largest absolute Gasteiger partial charge is 0.486 e. The van der Waals surface area contributed by atoms with Gasteiger partial charge >= 0.3 is 0 Å². The average molecular weight is 414 g/mol. The minimum Gasteiger partial charge on any atom is -0.486 e. The lowest BCUT2D eigenvalue weighted by Crippen LogP contribution is -2.02. The Balaban J connectivity index is 1.32. The van der Waals surface area contributed by atoms with Crippen molar-refractivity contribution in [3.8, 4) is 17.1 Å². The number of rotatable bonds is 6. The maximum Gasteiger partial charge on any atom is 0.195 e. The fourth-order valence-corrected chi connectivity index (χ4v) is 3.57. The van der Waals surface area contributed by atoms with Crippen LogP contribution >= 0.6 is 12.2 Å². The van der Waals surface area contributed by atoms with E-state index in [2.05, 4.69) is 32.3 Å². The first-order chi connectivity index (χ1) is 14.8. The molecule has 0 unspecified atom stereocenters. The van der Waals surface area contributed by atoms with Crippen molar-refractivity contribution in [3.63, 3.8) is 0 Å². The van der Waals surface area contributed by atoms with E-state index < -0.39 is 0 Å². The summed E-state index contributed by atoms with van der Waals surface area (Å²) >= 11 is 5.43. The summed E-state index contributed by atoms with van der Waals surface area (Å²) in [5.74, 6) is 2.36. The van der Waals surface area contributed by atoms with E-state index in [0.717, 1.165) is 34.0 Å². The topological polar surface area (TPSA) is 71.5 Å². The number of benzene rings is 3. The Kier molecular flexibility index (Phi) is 4.86. The van der Waals surface area contributed by atoms with Crippen LogP contribution in [0.5, 0.6) is 5.75 Å². The molecule has 30 heavy (non-hydrogen) atoms. The zero-order chi connectivity index (χ0) is 20.3. The monoisotopic (exact) mass is 413 g/mol. The summed E-state index contributed by atoms with van der Waals surface area (Å²) in [6.07, 6.45) is 0. The highest BCUT2D eigenvalue weighted by Crippen LogP contribution is 2.22. The summed E-state index contributed by atoms with van der Waals surface area (Å²) in [6, 6.07) is 26.0. The second-order valence-electron chi connectivity index (χ2n) is 6.94. The third-order valence-electron chi connectivity index (χ3n) is 4.87. The maximum atomic E-state index is 5.89. The molecule has 5 rings (SSSR count). The van der Waals surface area contributed by atoms with Crippen LogP contribution in [0, 0.1) is 4.77 Å². The number of imidazole rings is 1. The number of hydrogen-bond acceptors (Lipinski definition) is 4. The van der Waals surface area contributed by atoms with Crippen molar-refractivity contribution in [2.75, 3.05) is 0 Å². The van der Waals surface area contributed by atoms with Gasteiger partial charge in [0.1, 0.15) is 18.2 Å². The van der Waals surface area contributed by atoms with Gasteiger partial charge in [0.05, 0.1) is 17.6 Å². The molecule has 0 saturated heterocycles. The molecule has 0 radical (unpaired) electrons. The van der Waals surface area contributed by atoms with E-state index in [0.29, 0.717) is 17.9 Å². The van der Waals surface area contributed by atoms with Crippen molar-refractivity contribution in [2.24, 2.45) is 0 Å². The lowest BCUT2D eigenvalue weighted by atomic mass is 10.2. The van der Waals surface area contributed by atoms with Gasteiger partial charge in [-0.25, -0.2) is 4.98 Å². The van der Waals surface area contributed by atoms with Gasteiger partial charge in [0, 0.05) is 5.56 Å². The molecule has 0 aliphatic rings. The summed E-state index contributed by atoms with van der Waals surface area (Å²) in [5, 5.41) is 7.32. The molecule has 0 spiro atoms. The van der Waals surface area contributed by atoms with E-state index >= 15 is 0 Å². The van der Waals surface area contributed by atoms with Crippen LogP contribution in [0.15, 0.2) is 78.9 Å². The molecule has 148 valence electrons. The molecule has 0 bridgehead atoms. The van der Waals surface area contributed by atoms with Gasteiger partial charge < -0.3 is 9.72 Å².